The topological polar surface area (TPSA) is 40.5 Å². The molecular weight excluding hydrogens is 195 g/mol. The standard InChI is InChI=1S/C10H11BO2S/c1-6-5-8-3-4-9(11(12)13)7(2)10(8)14-6/h3-5,12-13H,1-2H3. The summed E-state index contributed by atoms with van der Waals surface area (Å²) in [5, 5.41) is 19.4. The van der Waals surface area contributed by atoms with E-state index in [9.17, 15) is 0 Å². The van der Waals surface area contributed by atoms with Crippen LogP contribution in [0.3, 0.4) is 0 Å². The minimum atomic E-state index is -1.37. The second-order valence-corrected chi connectivity index (χ2v) is 4.69. The molecule has 0 aliphatic carbocycles. The van der Waals surface area contributed by atoms with E-state index in [2.05, 4.69) is 13.0 Å². The molecular formula is C10H11BO2S. The molecule has 0 amide bonds. The van der Waals surface area contributed by atoms with Gasteiger partial charge in [0.15, 0.2) is 0 Å². The molecule has 14 heavy (non-hydrogen) atoms. The molecule has 0 fully saturated rings. The summed E-state index contributed by atoms with van der Waals surface area (Å²) in [5.74, 6) is 0. The molecule has 2 rings (SSSR count). The van der Waals surface area contributed by atoms with E-state index in [1.165, 1.54) is 10.3 Å². The van der Waals surface area contributed by atoms with Crippen molar-refractivity contribution in [2.75, 3.05) is 0 Å². The Morgan fingerprint density at radius 2 is 1.93 bits per heavy atom. The third kappa shape index (κ3) is 1.45. The Kier molecular flexibility index (Phi) is 2.35. The van der Waals surface area contributed by atoms with Gasteiger partial charge in [0.25, 0.3) is 0 Å². The van der Waals surface area contributed by atoms with E-state index in [1.807, 2.05) is 13.0 Å². The van der Waals surface area contributed by atoms with Crippen LogP contribution in [0.25, 0.3) is 10.1 Å². The molecule has 0 unspecified atom stereocenters. The molecule has 0 bridgehead atoms. The van der Waals surface area contributed by atoms with Crippen molar-refractivity contribution in [3.63, 3.8) is 0 Å². The van der Waals surface area contributed by atoms with Crippen LogP contribution in [0, 0.1) is 13.8 Å². The summed E-state index contributed by atoms with van der Waals surface area (Å²) < 4.78 is 1.15. The van der Waals surface area contributed by atoms with Crippen LogP contribution in [0.5, 0.6) is 0 Å². The molecule has 0 aliphatic rings. The van der Waals surface area contributed by atoms with E-state index in [1.54, 1.807) is 17.4 Å². The fraction of sp³-hybridized carbons (Fsp3) is 0.200. The van der Waals surface area contributed by atoms with Gasteiger partial charge < -0.3 is 10.0 Å². The normalized spacial score (nSPS) is 10.9. The maximum Gasteiger partial charge on any atom is 0.488 e. The number of hydrogen-bond donors (Lipinski definition) is 2. The van der Waals surface area contributed by atoms with Gasteiger partial charge in [-0.15, -0.1) is 11.3 Å². The molecule has 0 saturated carbocycles. The number of fused-ring (bicyclic) bond motifs is 1. The van der Waals surface area contributed by atoms with Crippen LogP contribution >= 0.6 is 11.3 Å². The van der Waals surface area contributed by atoms with Gasteiger partial charge in [-0.05, 0) is 36.3 Å². The molecule has 72 valence electrons. The Morgan fingerprint density at radius 3 is 2.57 bits per heavy atom. The Bertz CT molecular complexity index is 476. The molecule has 0 saturated heterocycles. The molecule has 2 N–H and O–H groups in total. The molecule has 1 heterocycles. The maximum atomic E-state index is 9.13. The van der Waals surface area contributed by atoms with Crippen molar-refractivity contribution in [2.45, 2.75) is 13.8 Å². The van der Waals surface area contributed by atoms with Gasteiger partial charge in [0.05, 0.1) is 0 Å². The largest absolute Gasteiger partial charge is 0.488 e. The van der Waals surface area contributed by atoms with Crippen molar-refractivity contribution in [2.24, 2.45) is 0 Å². The first-order valence-electron chi connectivity index (χ1n) is 4.45. The minimum absolute atomic E-state index is 0.597. The number of hydrogen-bond acceptors (Lipinski definition) is 3. The molecule has 2 nitrogen and oxygen atoms in total. The summed E-state index contributed by atoms with van der Waals surface area (Å²) in [4.78, 5) is 1.24. The zero-order valence-corrected chi connectivity index (χ0v) is 8.93. The van der Waals surface area contributed by atoms with Crippen molar-refractivity contribution in [1.82, 2.24) is 0 Å². The lowest BCUT2D eigenvalue weighted by Crippen LogP contribution is -2.31. The lowest BCUT2D eigenvalue weighted by molar-refractivity contribution is 0.425. The summed E-state index contributed by atoms with van der Waals surface area (Å²) in [5.41, 5.74) is 1.56. The molecule has 0 aliphatic heterocycles. The first kappa shape index (κ1) is 9.71. The zero-order valence-electron chi connectivity index (χ0n) is 8.11. The molecule has 0 spiro atoms. The lowest BCUT2D eigenvalue weighted by Gasteiger charge is -2.04. The van der Waals surface area contributed by atoms with Crippen molar-refractivity contribution in [1.29, 1.82) is 0 Å². The smallest absolute Gasteiger partial charge is 0.423 e. The number of thiophene rings is 1. The second kappa shape index (κ2) is 3.39. The molecule has 4 heteroatoms. The molecule has 0 atom stereocenters. The predicted molar refractivity (Wildman–Crippen MR) is 61.1 cm³/mol. The van der Waals surface area contributed by atoms with E-state index >= 15 is 0 Å². The zero-order chi connectivity index (χ0) is 10.3. The van der Waals surface area contributed by atoms with Crippen molar-refractivity contribution >= 4 is 34.0 Å². The van der Waals surface area contributed by atoms with Gasteiger partial charge in [0.2, 0.25) is 0 Å². The summed E-state index contributed by atoms with van der Waals surface area (Å²) >= 11 is 1.69. The fourth-order valence-corrected chi connectivity index (χ4v) is 2.69. The van der Waals surface area contributed by atoms with Crippen LogP contribution in [0.15, 0.2) is 18.2 Å². The molecule has 1 aromatic heterocycles. The number of aryl methyl sites for hydroxylation is 2. The summed E-state index contributed by atoms with van der Waals surface area (Å²) in [7, 11) is -1.37. The van der Waals surface area contributed by atoms with Crippen LogP contribution in [0.2, 0.25) is 0 Å². The monoisotopic (exact) mass is 206 g/mol. The summed E-state index contributed by atoms with van der Waals surface area (Å²) in [6.07, 6.45) is 0. The van der Waals surface area contributed by atoms with E-state index in [4.69, 9.17) is 10.0 Å². The van der Waals surface area contributed by atoms with Crippen LogP contribution < -0.4 is 5.46 Å². The van der Waals surface area contributed by atoms with E-state index < -0.39 is 7.12 Å². The third-order valence-electron chi connectivity index (χ3n) is 2.38. The third-order valence-corrected chi connectivity index (χ3v) is 3.56. The van der Waals surface area contributed by atoms with Crippen LogP contribution in [-0.4, -0.2) is 17.2 Å². The highest BCUT2D eigenvalue weighted by molar-refractivity contribution is 7.19. The van der Waals surface area contributed by atoms with Crippen molar-refractivity contribution < 1.29 is 10.0 Å². The van der Waals surface area contributed by atoms with E-state index in [0.717, 1.165) is 10.3 Å². The highest BCUT2D eigenvalue weighted by Crippen LogP contribution is 2.26. The maximum absolute atomic E-state index is 9.13. The Morgan fingerprint density at radius 1 is 1.21 bits per heavy atom. The quantitative estimate of drug-likeness (QED) is 0.688. The van der Waals surface area contributed by atoms with Gasteiger partial charge in [-0.25, -0.2) is 0 Å². The highest BCUT2D eigenvalue weighted by Gasteiger charge is 2.16. The van der Waals surface area contributed by atoms with E-state index in [0.29, 0.717) is 5.46 Å². The average molecular weight is 206 g/mol. The van der Waals surface area contributed by atoms with Gasteiger partial charge in [0.1, 0.15) is 0 Å². The number of benzene rings is 1. The van der Waals surface area contributed by atoms with Gasteiger partial charge in [-0.3, -0.25) is 0 Å². The van der Waals surface area contributed by atoms with E-state index in [-0.39, 0.29) is 0 Å². The molecule has 0 radical (unpaired) electrons. The fourth-order valence-electron chi connectivity index (χ4n) is 1.67. The Hall–Kier alpha value is -0.835. The van der Waals surface area contributed by atoms with Crippen LogP contribution in [0.1, 0.15) is 10.4 Å². The Balaban J connectivity index is 2.74. The average Bonchev–Trinajstić information content (AvgIpc) is 2.46. The SMILES string of the molecule is Cc1cc2ccc(B(O)O)c(C)c2s1. The highest BCUT2D eigenvalue weighted by atomic mass is 32.1. The van der Waals surface area contributed by atoms with Gasteiger partial charge >= 0.3 is 7.12 Å². The van der Waals surface area contributed by atoms with Gasteiger partial charge in [-0.2, -0.15) is 0 Å². The lowest BCUT2D eigenvalue weighted by atomic mass is 9.77. The predicted octanol–water partition coefficient (Wildman–Crippen LogP) is 1.20. The molecule has 2 aromatic rings. The minimum Gasteiger partial charge on any atom is -0.423 e. The summed E-state index contributed by atoms with van der Waals surface area (Å²) in [6, 6.07) is 5.82. The number of rotatable bonds is 1. The Labute approximate surface area is 87.0 Å². The van der Waals surface area contributed by atoms with Crippen molar-refractivity contribution in [3.8, 4) is 0 Å². The molecule has 1 aromatic carbocycles. The first-order chi connectivity index (χ1) is 6.59. The van der Waals surface area contributed by atoms with Crippen LogP contribution in [0.4, 0.5) is 0 Å². The summed E-state index contributed by atoms with van der Waals surface area (Å²) in [6.45, 7) is 3.98. The first-order valence-corrected chi connectivity index (χ1v) is 5.27. The second-order valence-electron chi connectivity index (χ2n) is 3.43. The van der Waals surface area contributed by atoms with Crippen LogP contribution in [-0.2, 0) is 0 Å². The van der Waals surface area contributed by atoms with Gasteiger partial charge in [-0.1, -0.05) is 12.1 Å². The van der Waals surface area contributed by atoms with Crippen molar-refractivity contribution in [3.05, 3.63) is 28.6 Å². The van der Waals surface area contributed by atoms with Gasteiger partial charge in [0, 0.05) is 9.58 Å².